The lowest BCUT2D eigenvalue weighted by Crippen LogP contribution is -2.47. The molecule has 4 heterocycles. The molecule has 2 amide bonds. The van der Waals surface area contributed by atoms with Gasteiger partial charge in [0.1, 0.15) is 5.82 Å². The number of urea groups is 1. The second-order valence-corrected chi connectivity index (χ2v) is 8.38. The number of pyridine rings is 2. The molecule has 162 valence electrons. The van der Waals surface area contributed by atoms with Crippen LogP contribution in [0.3, 0.4) is 0 Å². The first kappa shape index (κ1) is 19.7. The van der Waals surface area contributed by atoms with Gasteiger partial charge in [-0.05, 0) is 43.2 Å². The third kappa shape index (κ3) is 4.57. The molecule has 0 aromatic carbocycles. The summed E-state index contributed by atoms with van der Waals surface area (Å²) in [5, 5.41) is 9.41. The van der Waals surface area contributed by atoms with E-state index < -0.39 is 0 Å². The van der Waals surface area contributed by atoms with Gasteiger partial charge in [0.05, 0.1) is 17.9 Å². The van der Waals surface area contributed by atoms with Crippen LogP contribution in [-0.4, -0.2) is 59.7 Å². The van der Waals surface area contributed by atoms with Crippen LogP contribution in [0, 0.1) is 0 Å². The molecule has 1 aliphatic carbocycles. The molecule has 31 heavy (non-hydrogen) atoms. The maximum absolute atomic E-state index is 12.3. The molecule has 0 atom stereocenters. The van der Waals surface area contributed by atoms with Crippen LogP contribution in [-0.2, 0) is 0 Å². The number of hydrogen-bond donors (Lipinski definition) is 3. The standard InChI is InChI=1S/C23H29N7O/c31-23(26-17-3-1-2-4-17)28-22-6-5-20-21(27-22)15-19(16-25-20)30-13-11-29(12-14-30)18-7-9-24-10-8-18/h5-10,15,17,25H,1-4,11-14,16H2,(H2,26,27,28,31). The van der Waals surface area contributed by atoms with Gasteiger partial charge >= 0.3 is 6.03 Å². The predicted octanol–water partition coefficient (Wildman–Crippen LogP) is 3.13. The van der Waals surface area contributed by atoms with Gasteiger partial charge in [-0.25, -0.2) is 9.78 Å². The van der Waals surface area contributed by atoms with Crippen molar-refractivity contribution in [3.8, 4) is 0 Å². The molecule has 0 radical (unpaired) electrons. The average molecular weight is 420 g/mol. The number of aromatic nitrogens is 2. The van der Waals surface area contributed by atoms with Crippen LogP contribution in [0.1, 0.15) is 31.4 Å². The normalized spacial score (nSPS) is 18.8. The molecular weight excluding hydrogens is 390 g/mol. The molecule has 3 N–H and O–H groups in total. The second kappa shape index (κ2) is 8.83. The van der Waals surface area contributed by atoms with Crippen molar-refractivity contribution in [2.45, 2.75) is 31.7 Å². The van der Waals surface area contributed by atoms with Gasteiger partial charge in [-0.2, -0.15) is 0 Å². The highest BCUT2D eigenvalue weighted by Crippen LogP contribution is 2.26. The Morgan fingerprint density at radius 2 is 1.74 bits per heavy atom. The van der Waals surface area contributed by atoms with Crippen LogP contribution in [0.25, 0.3) is 6.08 Å². The topological polar surface area (TPSA) is 85.4 Å². The zero-order valence-electron chi connectivity index (χ0n) is 17.7. The van der Waals surface area contributed by atoms with E-state index in [4.69, 9.17) is 0 Å². The Hall–Kier alpha value is -3.29. The van der Waals surface area contributed by atoms with E-state index >= 15 is 0 Å². The molecule has 3 aliphatic rings. The second-order valence-electron chi connectivity index (χ2n) is 8.38. The molecule has 8 nitrogen and oxygen atoms in total. The number of fused-ring (bicyclic) bond motifs is 1. The number of rotatable bonds is 4. The maximum Gasteiger partial charge on any atom is 0.320 e. The van der Waals surface area contributed by atoms with Gasteiger partial charge in [0.2, 0.25) is 0 Å². The van der Waals surface area contributed by atoms with Gasteiger partial charge in [-0.3, -0.25) is 10.3 Å². The van der Waals surface area contributed by atoms with E-state index in [1.165, 1.54) is 24.2 Å². The quantitative estimate of drug-likeness (QED) is 0.706. The first-order valence-corrected chi connectivity index (χ1v) is 11.2. The largest absolute Gasteiger partial charge is 0.378 e. The fourth-order valence-corrected chi connectivity index (χ4v) is 4.62. The van der Waals surface area contributed by atoms with Crippen LogP contribution in [0.2, 0.25) is 0 Å². The van der Waals surface area contributed by atoms with Crippen LogP contribution >= 0.6 is 0 Å². The SMILES string of the molecule is O=C(Nc1ccc2c(n1)C=C(N1CCN(c3ccncc3)CC1)CN2)NC1CCCC1. The summed E-state index contributed by atoms with van der Waals surface area (Å²) in [6.45, 7) is 4.67. The smallest absolute Gasteiger partial charge is 0.320 e. The fraction of sp³-hybridized carbons (Fsp3) is 0.435. The van der Waals surface area contributed by atoms with Crippen molar-refractivity contribution >= 4 is 29.3 Å². The lowest BCUT2D eigenvalue weighted by Gasteiger charge is -2.39. The third-order valence-electron chi connectivity index (χ3n) is 6.33. The number of amides is 2. The van der Waals surface area contributed by atoms with Gasteiger partial charge in [0.15, 0.2) is 0 Å². The molecule has 2 aliphatic heterocycles. The van der Waals surface area contributed by atoms with Gasteiger partial charge in [-0.15, -0.1) is 0 Å². The zero-order chi connectivity index (χ0) is 21.0. The van der Waals surface area contributed by atoms with Gasteiger partial charge < -0.3 is 20.4 Å². The Kier molecular flexibility index (Phi) is 5.60. The zero-order valence-corrected chi connectivity index (χ0v) is 17.7. The number of piperazine rings is 1. The molecule has 0 unspecified atom stereocenters. The van der Waals surface area contributed by atoms with Gasteiger partial charge in [0.25, 0.3) is 0 Å². The molecular formula is C23H29N7O. The minimum Gasteiger partial charge on any atom is -0.378 e. The van der Waals surface area contributed by atoms with E-state index in [0.717, 1.165) is 56.9 Å². The van der Waals surface area contributed by atoms with E-state index in [0.29, 0.717) is 5.82 Å². The van der Waals surface area contributed by atoms with Crippen molar-refractivity contribution in [1.82, 2.24) is 20.2 Å². The minimum absolute atomic E-state index is 0.167. The van der Waals surface area contributed by atoms with Gasteiger partial charge in [-0.1, -0.05) is 12.8 Å². The van der Waals surface area contributed by atoms with Crippen molar-refractivity contribution in [2.75, 3.05) is 48.3 Å². The van der Waals surface area contributed by atoms with Crippen LogP contribution in [0.15, 0.2) is 42.4 Å². The number of carbonyl (C=O) groups excluding carboxylic acids is 1. The summed E-state index contributed by atoms with van der Waals surface area (Å²) in [5.41, 5.74) is 4.34. The van der Waals surface area contributed by atoms with E-state index in [9.17, 15) is 4.79 Å². The number of nitrogens with one attached hydrogen (secondary N) is 3. The highest BCUT2D eigenvalue weighted by Gasteiger charge is 2.22. The average Bonchev–Trinajstić information content (AvgIpc) is 3.32. The summed E-state index contributed by atoms with van der Waals surface area (Å²) in [6, 6.07) is 8.09. The lowest BCUT2D eigenvalue weighted by atomic mass is 10.1. The van der Waals surface area contributed by atoms with Crippen molar-refractivity contribution in [1.29, 1.82) is 0 Å². The lowest BCUT2D eigenvalue weighted by molar-refractivity contribution is 0.248. The summed E-state index contributed by atoms with van der Waals surface area (Å²) < 4.78 is 0. The first-order valence-electron chi connectivity index (χ1n) is 11.2. The van der Waals surface area contributed by atoms with Crippen LogP contribution in [0.4, 0.5) is 22.0 Å². The van der Waals surface area contributed by atoms with E-state index in [1.54, 1.807) is 0 Å². The Bertz CT molecular complexity index is 948. The molecule has 0 spiro atoms. The maximum atomic E-state index is 12.3. The summed E-state index contributed by atoms with van der Waals surface area (Å²) >= 11 is 0. The summed E-state index contributed by atoms with van der Waals surface area (Å²) in [5.74, 6) is 0.580. The molecule has 0 bridgehead atoms. The Balaban J connectivity index is 1.22. The highest BCUT2D eigenvalue weighted by molar-refractivity contribution is 5.89. The van der Waals surface area contributed by atoms with Crippen molar-refractivity contribution in [3.63, 3.8) is 0 Å². The van der Waals surface area contributed by atoms with Crippen molar-refractivity contribution in [3.05, 3.63) is 48.1 Å². The van der Waals surface area contributed by atoms with Crippen LogP contribution in [0.5, 0.6) is 0 Å². The van der Waals surface area contributed by atoms with E-state index in [-0.39, 0.29) is 12.1 Å². The van der Waals surface area contributed by atoms with Gasteiger partial charge in [0, 0.05) is 56.0 Å². The fourth-order valence-electron chi connectivity index (χ4n) is 4.62. The Morgan fingerprint density at radius 3 is 2.52 bits per heavy atom. The molecule has 8 heteroatoms. The van der Waals surface area contributed by atoms with E-state index in [1.807, 2.05) is 24.5 Å². The number of nitrogens with zero attached hydrogens (tertiary/aromatic N) is 4. The minimum atomic E-state index is -0.167. The van der Waals surface area contributed by atoms with Crippen molar-refractivity contribution in [2.24, 2.45) is 0 Å². The molecule has 1 saturated carbocycles. The number of hydrogen-bond acceptors (Lipinski definition) is 6. The summed E-state index contributed by atoms with van der Waals surface area (Å²) in [6.07, 6.45) is 10.4. The summed E-state index contributed by atoms with van der Waals surface area (Å²) in [7, 11) is 0. The molecule has 2 fully saturated rings. The van der Waals surface area contributed by atoms with Crippen molar-refractivity contribution < 1.29 is 4.79 Å². The van der Waals surface area contributed by atoms with Crippen LogP contribution < -0.4 is 20.9 Å². The predicted molar refractivity (Wildman–Crippen MR) is 123 cm³/mol. The number of anilines is 3. The first-order chi connectivity index (χ1) is 15.2. The number of carbonyl (C=O) groups is 1. The third-order valence-corrected chi connectivity index (χ3v) is 6.33. The monoisotopic (exact) mass is 419 g/mol. The molecule has 5 rings (SSSR count). The summed E-state index contributed by atoms with van der Waals surface area (Å²) in [4.78, 5) is 25.9. The van der Waals surface area contributed by atoms with E-state index in [2.05, 4.69) is 53.9 Å². The Labute approximate surface area is 182 Å². The Morgan fingerprint density at radius 1 is 1.00 bits per heavy atom. The highest BCUT2D eigenvalue weighted by atomic mass is 16.2. The molecule has 2 aromatic rings. The molecule has 2 aromatic heterocycles. The molecule has 1 saturated heterocycles.